The van der Waals surface area contributed by atoms with Crippen LogP contribution in [0.1, 0.15) is 19.4 Å². The number of hydrogen-bond acceptors (Lipinski definition) is 2. The van der Waals surface area contributed by atoms with Crippen molar-refractivity contribution in [1.82, 2.24) is 5.32 Å². The Kier molecular flexibility index (Phi) is 5.45. The van der Waals surface area contributed by atoms with Gasteiger partial charge in [0.25, 0.3) is 0 Å². The van der Waals surface area contributed by atoms with Gasteiger partial charge in [0, 0.05) is 11.6 Å². The Labute approximate surface area is 125 Å². The third kappa shape index (κ3) is 3.75. The molecule has 0 aliphatic carbocycles. The molecule has 0 aliphatic heterocycles. The van der Waals surface area contributed by atoms with E-state index < -0.39 is 0 Å². The summed E-state index contributed by atoms with van der Waals surface area (Å²) in [7, 11) is 0. The molecule has 2 rings (SSSR count). The largest absolute Gasteiger partial charge is 0.494 e. The van der Waals surface area contributed by atoms with Gasteiger partial charge in [0.15, 0.2) is 0 Å². The number of nitrogens with one attached hydrogen (secondary N) is 1. The molecule has 2 nitrogen and oxygen atoms in total. The molecule has 0 aliphatic rings. The minimum absolute atomic E-state index is 0.683. The van der Waals surface area contributed by atoms with Crippen molar-refractivity contribution in [2.24, 2.45) is 0 Å². The van der Waals surface area contributed by atoms with Crippen LogP contribution < -0.4 is 10.1 Å². The lowest BCUT2D eigenvalue weighted by molar-refractivity contribution is 0.340. The highest BCUT2D eigenvalue weighted by Gasteiger charge is 2.06. The number of rotatable bonds is 6. The molecule has 2 aromatic carbocycles. The number of hydrogen-bond donors (Lipinski definition) is 1. The van der Waals surface area contributed by atoms with Crippen molar-refractivity contribution in [2.75, 3.05) is 13.2 Å². The second-order valence-corrected chi connectivity index (χ2v) is 4.98. The maximum atomic E-state index is 6.14. The molecule has 20 heavy (non-hydrogen) atoms. The molecule has 0 amide bonds. The van der Waals surface area contributed by atoms with Crippen LogP contribution in [0.3, 0.4) is 0 Å². The molecule has 106 valence electrons. The van der Waals surface area contributed by atoms with Crippen LogP contribution in [0.4, 0.5) is 0 Å². The molecule has 0 radical (unpaired) electrons. The van der Waals surface area contributed by atoms with Crippen molar-refractivity contribution in [3.63, 3.8) is 0 Å². The van der Waals surface area contributed by atoms with Crippen LogP contribution in [0, 0.1) is 0 Å². The number of halogens is 1. The van der Waals surface area contributed by atoms with Crippen LogP contribution in [-0.2, 0) is 6.54 Å². The summed E-state index contributed by atoms with van der Waals surface area (Å²) >= 11 is 6.14. The molecule has 0 spiro atoms. The van der Waals surface area contributed by atoms with E-state index in [4.69, 9.17) is 16.3 Å². The van der Waals surface area contributed by atoms with Crippen molar-refractivity contribution in [2.45, 2.75) is 20.4 Å². The van der Waals surface area contributed by atoms with E-state index in [-0.39, 0.29) is 0 Å². The van der Waals surface area contributed by atoms with Gasteiger partial charge in [-0.2, -0.15) is 0 Å². The van der Waals surface area contributed by atoms with Gasteiger partial charge in [-0.15, -0.1) is 0 Å². The molecule has 0 aromatic heterocycles. The van der Waals surface area contributed by atoms with Gasteiger partial charge in [-0.25, -0.2) is 0 Å². The maximum Gasteiger partial charge on any atom is 0.119 e. The van der Waals surface area contributed by atoms with Crippen molar-refractivity contribution < 1.29 is 4.74 Å². The first-order valence-electron chi connectivity index (χ1n) is 6.97. The Balaban J connectivity index is 2.32. The zero-order valence-corrected chi connectivity index (χ0v) is 12.7. The second-order valence-electron chi connectivity index (χ2n) is 4.54. The molecule has 0 saturated heterocycles. The molecule has 1 N–H and O–H groups in total. The SMILES string of the molecule is CCNCc1ccc(Cl)cc1-c1ccc(OCC)cc1. The lowest BCUT2D eigenvalue weighted by Crippen LogP contribution is -2.12. The summed E-state index contributed by atoms with van der Waals surface area (Å²) in [6.45, 7) is 6.57. The minimum Gasteiger partial charge on any atom is -0.494 e. The Morgan fingerprint density at radius 2 is 1.80 bits per heavy atom. The zero-order valence-electron chi connectivity index (χ0n) is 11.9. The predicted octanol–water partition coefficient (Wildman–Crippen LogP) is 4.52. The number of ether oxygens (including phenoxy) is 1. The van der Waals surface area contributed by atoms with Crippen molar-refractivity contribution in [1.29, 1.82) is 0 Å². The Morgan fingerprint density at radius 1 is 1.05 bits per heavy atom. The monoisotopic (exact) mass is 289 g/mol. The summed E-state index contributed by atoms with van der Waals surface area (Å²) < 4.78 is 5.48. The fraction of sp³-hybridized carbons (Fsp3) is 0.294. The molecule has 0 saturated carbocycles. The summed E-state index contributed by atoms with van der Waals surface area (Å²) in [4.78, 5) is 0. The summed E-state index contributed by atoms with van der Waals surface area (Å²) in [5, 5.41) is 4.12. The van der Waals surface area contributed by atoms with Gasteiger partial charge in [-0.1, -0.05) is 36.7 Å². The smallest absolute Gasteiger partial charge is 0.119 e. The quantitative estimate of drug-likeness (QED) is 0.844. The molecular formula is C17H20ClNO. The van der Waals surface area contributed by atoms with E-state index in [2.05, 4.69) is 30.4 Å². The highest BCUT2D eigenvalue weighted by molar-refractivity contribution is 6.30. The highest BCUT2D eigenvalue weighted by atomic mass is 35.5. The number of benzene rings is 2. The van der Waals surface area contributed by atoms with E-state index in [0.717, 1.165) is 29.4 Å². The molecule has 0 heterocycles. The minimum atomic E-state index is 0.683. The average Bonchev–Trinajstić information content (AvgIpc) is 2.47. The van der Waals surface area contributed by atoms with Gasteiger partial charge < -0.3 is 10.1 Å². The Hall–Kier alpha value is -1.51. The maximum absolute atomic E-state index is 6.14. The van der Waals surface area contributed by atoms with Gasteiger partial charge in [-0.3, -0.25) is 0 Å². The van der Waals surface area contributed by atoms with Crippen LogP contribution in [0.15, 0.2) is 42.5 Å². The van der Waals surface area contributed by atoms with E-state index in [1.807, 2.05) is 31.2 Å². The van der Waals surface area contributed by atoms with Crippen LogP contribution in [-0.4, -0.2) is 13.2 Å². The fourth-order valence-corrected chi connectivity index (χ4v) is 2.30. The first kappa shape index (κ1) is 14.9. The van der Waals surface area contributed by atoms with Gasteiger partial charge in [0.05, 0.1) is 6.61 Å². The predicted molar refractivity (Wildman–Crippen MR) is 85.4 cm³/mol. The second kappa shape index (κ2) is 7.32. The van der Waals surface area contributed by atoms with Crippen LogP contribution in [0.25, 0.3) is 11.1 Å². The lowest BCUT2D eigenvalue weighted by atomic mass is 9.99. The normalized spacial score (nSPS) is 10.6. The molecule has 3 heteroatoms. The summed E-state index contributed by atoms with van der Waals surface area (Å²) in [6, 6.07) is 14.2. The van der Waals surface area contributed by atoms with Gasteiger partial charge in [0.2, 0.25) is 0 Å². The van der Waals surface area contributed by atoms with E-state index >= 15 is 0 Å². The van der Waals surface area contributed by atoms with Gasteiger partial charge in [0.1, 0.15) is 5.75 Å². The van der Waals surface area contributed by atoms with Crippen molar-refractivity contribution in [3.05, 3.63) is 53.1 Å². The molecule has 0 fully saturated rings. The van der Waals surface area contributed by atoms with Crippen molar-refractivity contribution in [3.8, 4) is 16.9 Å². The Bertz CT molecular complexity index is 551. The zero-order chi connectivity index (χ0) is 14.4. The Morgan fingerprint density at radius 3 is 2.45 bits per heavy atom. The fourth-order valence-electron chi connectivity index (χ4n) is 2.13. The summed E-state index contributed by atoms with van der Waals surface area (Å²) in [6.07, 6.45) is 0. The van der Waals surface area contributed by atoms with Gasteiger partial charge in [-0.05, 0) is 54.4 Å². The summed E-state index contributed by atoms with van der Waals surface area (Å²) in [5.74, 6) is 0.895. The van der Waals surface area contributed by atoms with E-state index in [1.165, 1.54) is 11.1 Å². The average molecular weight is 290 g/mol. The van der Waals surface area contributed by atoms with E-state index in [0.29, 0.717) is 6.61 Å². The molecule has 2 aromatic rings. The highest BCUT2D eigenvalue weighted by Crippen LogP contribution is 2.28. The van der Waals surface area contributed by atoms with E-state index in [9.17, 15) is 0 Å². The van der Waals surface area contributed by atoms with E-state index in [1.54, 1.807) is 0 Å². The van der Waals surface area contributed by atoms with Crippen LogP contribution in [0.2, 0.25) is 5.02 Å². The molecule has 0 bridgehead atoms. The molecule has 0 atom stereocenters. The topological polar surface area (TPSA) is 21.3 Å². The summed E-state index contributed by atoms with van der Waals surface area (Å²) in [5.41, 5.74) is 3.57. The van der Waals surface area contributed by atoms with Crippen molar-refractivity contribution >= 4 is 11.6 Å². The lowest BCUT2D eigenvalue weighted by Gasteiger charge is -2.12. The first-order chi connectivity index (χ1) is 9.74. The third-order valence-corrected chi connectivity index (χ3v) is 3.35. The van der Waals surface area contributed by atoms with Crippen LogP contribution in [0.5, 0.6) is 5.75 Å². The first-order valence-corrected chi connectivity index (χ1v) is 7.34. The molecular weight excluding hydrogens is 270 g/mol. The van der Waals surface area contributed by atoms with Gasteiger partial charge >= 0.3 is 0 Å². The standard InChI is InChI=1S/C17H20ClNO/c1-3-19-12-14-5-8-15(18)11-17(14)13-6-9-16(10-7-13)20-4-2/h5-11,19H,3-4,12H2,1-2H3. The third-order valence-electron chi connectivity index (χ3n) is 3.11. The van der Waals surface area contributed by atoms with Crippen LogP contribution >= 0.6 is 11.6 Å². The molecule has 0 unspecified atom stereocenters.